The van der Waals surface area contributed by atoms with Gasteiger partial charge in [-0.1, -0.05) is 0 Å². The summed E-state index contributed by atoms with van der Waals surface area (Å²) in [6.45, 7) is 8.89. The van der Waals surface area contributed by atoms with Crippen molar-refractivity contribution >= 4 is 0 Å². The van der Waals surface area contributed by atoms with E-state index in [4.69, 9.17) is 9.47 Å². The average molecular weight is 200 g/mol. The Morgan fingerprint density at radius 2 is 2.07 bits per heavy atom. The molecule has 0 radical (unpaired) electrons. The summed E-state index contributed by atoms with van der Waals surface area (Å²) >= 11 is 0. The van der Waals surface area contributed by atoms with E-state index in [0.29, 0.717) is 12.1 Å². The molecule has 82 valence electrons. The van der Waals surface area contributed by atoms with Gasteiger partial charge in [0.05, 0.1) is 25.9 Å². The monoisotopic (exact) mass is 200 g/mol. The van der Waals surface area contributed by atoms with Crippen LogP contribution >= 0.6 is 0 Å². The van der Waals surface area contributed by atoms with Crippen molar-refractivity contribution in [3.8, 4) is 0 Å². The van der Waals surface area contributed by atoms with Gasteiger partial charge in [-0.2, -0.15) is 0 Å². The zero-order valence-corrected chi connectivity index (χ0v) is 8.87. The first kappa shape index (κ1) is 10.4. The average Bonchev–Trinajstić information content (AvgIpc) is 2.30. The lowest BCUT2D eigenvalue weighted by Gasteiger charge is -2.38. The third kappa shape index (κ3) is 2.45. The van der Waals surface area contributed by atoms with Gasteiger partial charge in [0.2, 0.25) is 0 Å². The summed E-state index contributed by atoms with van der Waals surface area (Å²) in [5.74, 6) is 0. The molecule has 0 aliphatic carbocycles. The van der Waals surface area contributed by atoms with Gasteiger partial charge in [-0.15, -0.1) is 0 Å². The lowest BCUT2D eigenvalue weighted by atomic mass is 10.1. The second-order valence-corrected chi connectivity index (χ2v) is 4.00. The van der Waals surface area contributed by atoms with Crippen LogP contribution in [0.2, 0.25) is 0 Å². The third-order valence-electron chi connectivity index (χ3n) is 3.12. The molecule has 0 spiro atoms. The minimum Gasteiger partial charge on any atom is -0.379 e. The van der Waals surface area contributed by atoms with E-state index >= 15 is 0 Å². The predicted octanol–water partition coefficient (Wildman–Crippen LogP) is -0.304. The summed E-state index contributed by atoms with van der Waals surface area (Å²) in [4.78, 5) is 2.46. The van der Waals surface area contributed by atoms with Crippen LogP contribution in [0, 0.1) is 0 Å². The second kappa shape index (κ2) is 5.07. The van der Waals surface area contributed by atoms with Crippen LogP contribution in [0.4, 0.5) is 0 Å². The molecular weight excluding hydrogens is 180 g/mol. The van der Waals surface area contributed by atoms with Gasteiger partial charge in [0.25, 0.3) is 0 Å². The van der Waals surface area contributed by atoms with E-state index in [-0.39, 0.29) is 0 Å². The van der Waals surface area contributed by atoms with Crippen LogP contribution < -0.4 is 5.32 Å². The van der Waals surface area contributed by atoms with Crippen molar-refractivity contribution in [3.05, 3.63) is 0 Å². The fraction of sp³-hybridized carbons (Fsp3) is 1.00. The van der Waals surface area contributed by atoms with Crippen molar-refractivity contribution in [2.75, 3.05) is 46.0 Å². The Kier molecular flexibility index (Phi) is 3.75. The Hall–Kier alpha value is -0.160. The van der Waals surface area contributed by atoms with Gasteiger partial charge >= 0.3 is 0 Å². The summed E-state index contributed by atoms with van der Waals surface area (Å²) in [7, 11) is 0. The zero-order valence-electron chi connectivity index (χ0n) is 8.87. The van der Waals surface area contributed by atoms with Gasteiger partial charge in [-0.25, -0.2) is 0 Å². The highest BCUT2D eigenvalue weighted by molar-refractivity contribution is 4.81. The minimum absolute atomic E-state index is 0.349. The van der Waals surface area contributed by atoms with Crippen LogP contribution in [0.3, 0.4) is 0 Å². The van der Waals surface area contributed by atoms with Gasteiger partial charge in [-0.3, -0.25) is 4.90 Å². The maximum Gasteiger partial charge on any atom is 0.0852 e. The summed E-state index contributed by atoms with van der Waals surface area (Å²) in [6.07, 6.45) is 0.349. The van der Waals surface area contributed by atoms with E-state index in [0.717, 1.165) is 46.0 Å². The van der Waals surface area contributed by atoms with E-state index in [9.17, 15) is 0 Å². The highest BCUT2D eigenvalue weighted by Gasteiger charge is 2.26. The first-order chi connectivity index (χ1) is 6.88. The van der Waals surface area contributed by atoms with Gasteiger partial charge < -0.3 is 14.8 Å². The quantitative estimate of drug-likeness (QED) is 0.663. The molecule has 0 aromatic rings. The fourth-order valence-electron chi connectivity index (χ4n) is 2.12. The molecule has 0 amide bonds. The predicted molar refractivity (Wildman–Crippen MR) is 54.5 cm³/mol. The number of nitrogens with zero attached hydrogens (tertiary/aromatic N) is 1. The van der Waals surface area contributed by atoms with Gasteiger partial charge in [0.15, 0.2) is 0 Å². The summed E-state index contributed by atoms with van der Waals surface area (Å²) in [5.41, 5.74) is 0. The number of hydrogen-bond donors (Lipinski definition) is 1. The Morgan fingerprint density at radius 3 is 2.71 bits per heavy atom. The number of nitrogens with one attached hydrogen (secondary N) is 1. The number of morpholine rings is 2. The van der Waals surface area contributed by atoms with Gasteiger partial charge in [-0.05, 0) is 6.92 Å². The van der Waals surface area contributed by atoms with Crippen LogP contribution in [-0.2, 0) is 9.47 Å². The number of rotatable bonds is 2. The van der Waals surface area contributed by atoms with Gasteiger partial charge in [0.1, 0.15) is 0 Å². The van der Waals surface area contributed by atoms with Crippen molar-refractivity contribution < 1.29 is 9.47 Å². The lowest BCUT2D eigenvalue weighted by molar-refractivity contribution is -0.0542. The van der Waals surface area contributed by atoms with Crippen LogP contribution in [0.25, 0.3) is 0 Å². The molecule has 14 heavy (non-hydrogen) atoms. The molecule has 4 nitrogen and oxygen atoms in total. The van der Waals surface area contributed by atoms with E-state index < -0.39 is 0 Å². The maximum atomic E-state index is 5.75. The molecule has 4 heteroatoms. The molecule has 2 fully saturated rings. The molecule has 2 aliphatic heterocycles. The number of ether oxygens (including phenoxy) is 2. The topological polar surface area (TPSA) is 33.7 Å². The third-order valence-corrected chi connectivity index (χ3v) is 3.12. The minimum atomic E-state index is 0.349. The molecule has 1 N–H and O–H groups in total. The standard InChI is InChI=1S/C10H20N2O2/c1-9(10-8-11-2-5-14-10)12-3-6-13-7-4-12/h9-11H,2-8H2,1H3. The Morgan fingerprint density at radius 1 is 1.29 bits per heavy atom. The SMILES string of the molecule is CC(C1CNCCO1)N1CCOCC1. The smallest absolute Gasteiger partial charge is 0.0852 e. The lowest BCUT2D eigenvalue weighted by Crippen LogP contribution is -2.53. The summed E-state index contributed by atoms with van der Waals surface area (Å²) < 4.78 is 11.1. The fourth-order valence-corrected chi connectivity index (χ4v) is 2.12. The van der Waals surface area contributed by atoms with Crippen molar-refractivity contribution in [3.63, 3.8) is 0 Å². The highest BCUT2D eigenvalue weighted by atomic mass is 16.5. The van der Waals surface area contributed by atoms with Gasteiger partial charge in [0, 0.05) is 32.2 Å². The Labute approximate surface area is 85.5 Å². The second-order valence-electron chi connectivity index (χ2n) is 4.00. The largest absolute Gasteiger partial charge is 0.379 e. The van der Waals surface area contributed by atoms with E-state index in [1.165, 1.54) is 0 Å². The summed E-state index contributed by atoms with van der Waals surface area (Å²) in [5, 5.41) is 3.37. The molecule has 2 rings (SSSR count). The molecule has 0 bridgehead atoms. The van der Waals surface area contributed by atoms with Crippen LogP contribution in [0.5, 0.6) is 0 Å². The molecule has 0 aromatic heterocycles. The molecule has 2 atom stereocenters. The van der Waals surface area contributed by atoms with Crippen LogP contribution in [-0.4, -0.2) is 63.0 Å². The van der Waals surface area contributed by atoms with E-state index in [1.54, 1.807) is 0 Å². The normalized spacial score (nSPS) is 32.8. The molecule has 2 unspecified atom stereocenters. The summed E-state index contributed by atoms with van der Waals surface area (Å²) in [6, 6.07) is 0.506. The van der Waals surface area contributed by atoms with Crippen LogP contribution in [0.15, 0.2) is 0 Å². The number of hydrogen-bond acceptors (Lipinski definition) is 4. The molecule has 0 saturated carbocycles. The van der Waals surface area contributed by atoms with Crippen molar-refractivity contribution in [2.24, 2.45) is 0 Å². The Bertz CT molecular complexity index is 148. The molecular formula is C10H20N2O2. The van der Waals surface area contributed by atoms with Crippen LogP contribution in [0.1, 0.15) is 6.92 Å². The van der Waals surface area contributed by atoms with E-state index in [2.05, 4.69) is 17.1 Å². The first-order valence-corrected chi connectivity index (χ1v) is 5.52. The maximum absolute atomic E-state index is 5.75. The van der Waals surface area contributed by atoms with Crippen molar-refractivity contribution in [1.29, 1.82) is 0 Å². The zero-order chi connectivity index (χ0) is 9.80. The van der Waals surface area contributed by atoms with Crippen molar-refractivity contribution in [2.45, 2.75) is 19.1 Å². The molecule has 2 saturated heterocycles. The Balaban J connectivity index is 1.82. The van der Waals surface area contributed by atoms with E-state index in [1.807, 2.05) is 0 Å². The first-order valence-electron chi connectivity index (χ1n) is 5.52. The molecule has 2 aliphatic rings. The molecule has 0 aromatic carbocycles. The molecule has 2 heterocycles. The highest BCUT2D eigenvalue weighted by Crippen LogP contribution is 2.11. The van der Waals surface area contributed by atoms with Crippen molar-refractivity contribution in [1.82, 2.24) is 10.2 Å².